The van der Waals surface area contributed by atoms with Gasteiger partial charge in [-0.2, -0.15) is 0 Å². The van der Waals surface area contributed by atoms with Crippen molar-refractivity contribution >= 4 is 5.91 Å². The van der Waals surface area contributed by atoms with Crippen molar-refractivity contribution in [3.8, 4) is 0 Å². The number of hydrogen-bond donors (Lipinski definition) is 2. The van der Waals surface area contributed by atoms with Gasteiger partial charge in [-0.3, -0.25) is 4.79 Å². The number of hydrogen-bond acceptors (Lipinski definition) is 2. The van der Waals surface area contributed by atoms with E-state index in [9.17, 15) is 18.0 Å². The first-order valence-electron chi connectivity index (χ1n) is 6.24. The summed E-state index contributed by atoms with van der Waals surface area (Å²) in [6.45, 7) is 1.43. The number of rotatable bonds is 2. The fourth-order valence-corrected chi connectivity index (χ4v) is 2.16. The van der Waals surface area contributed by atoms with Crippen LogP contribution in [0.15, 0.2) is 12.1 Å². The van der Waals surface area contributed by atoms with Gasteiger partial charge in [0.25, 0.3) is 5.91 Å². The lowest BCUT2D eigenvalue weighted by Crippen LogP contribution is -2.41. The highest BCUT2D eigenvalue weighted by Crippen LogP contribution is 2.15. The van der Waals surface area contributed by atoms with Crippen LogP contribution in [0.4, 0.5) is 13.2 Å². The number of halogens is 3. The molecule has 0 saturated carbocycles. The van der Waals surface area contributed by atoms with Gasteiger partial charge in [0, 0.05) is 24.7 Å². The van der Waals surface area contributed by atoms with Gasteiger partial charge in [0.05, 0.1) is 0 Å². The molecule has 1 fully saturated rings. The van der Waals surface area contributed by atoms with Crippen LogP contribution in [-0.2, 0) is 0 Å². The summed E-state index contributed by atoms with van der Waals surface area (Å²) in [5.41, 5.74) is -0.731. The molecule has 1 unspecified atom stereocenters. The van der Waals surface area contributed by atoms with Gasteiger partial charge in [-0.15, -0.1) is 0 Å². The zero-order valence-corrected chi connectivity index (χ0v) is 10.3. The van der Waals surface area contributed by atoms with Crippen LogP contribution >= 0.6 is 0 Å². The zero-order chi connectivity index (χ0) is 13.8. The Labute approximate surface area is 109 Å². The van der Waals surface area contributed by atoms with Gasteiger partial charge in [-0.25, -0.2) is 13.2 Å². The van der Waals surface area contributed by atoms with E-state index in [4.69, 9.17) is 0 Å². The normalized spacial score (nSPS) is 19.8. The molecule has 19 heavy (non-hydrogen) atoms. The van der Waals surface area contributed by atoms with E-state index in [-0.39, 0.29) is 6.04 Å². The lowest BCUT2D eigenvalue weighted by molar-refractivity contribution is 0.0927. The van der Waals surface area contributed by atoms with E-state index in [0.29, 0.717) is 18.7 Å². The van der Waals surface area contributed by atoms with Crippen LogP contribution in [-0.4, -0.2) is 25.0 Å². The lowest BCUT2D eigenvalue weighted by atomic mass is 10.1. The van der Waals surface area contributed by atoms with Gasteiger partial charge in [-0.1, -0.05) is 6.42 Å². The van der Waals surface area contributed by atoms with Crippen LogP contribution in [0.2, 0.25) is 0 Å². The average Bonchev–Trinajstić information content (AvgIpc) is 2.56. The summed E-state index contributed by atoms with van der Waals surface area (Å²) in [5, 5.41) is 5.70. The number of carbonyl (C=O) groups is 1. The molecule has 0 aliphatic carbocycles. The second kappa shape index (κ2) is 6.06. The molecule has 1 atom stereocenters. The Morgan fingerprint density at radius 1 is 1.21 bits per heavy atom. The van der Waals surface area contributed by atoms with Crippen molar-refractivity contribution in [2.24, 2.45) is 0 Å². The molecule has 1 aliphatic rings. The predicted octanol–water partition coefficient (Wildman–Crippen LogP) is 1.98. The highest BCUT2D eigenvalue weighted by molar-refractivity contribution is 5.94. The molecule has 1 aliphatic heterocycles. The summed E-state index contributed by atoms with van der Waals surface area (Å²) in [6, 6.07) is 0.839. The highest BCUT2D eigenvalue weighted by Gasteiger charge is 2.22. The van der Waals surface area contributed by atoms with E-state index in [1.807, 2.05) is 0 Å². The Balaban J connectivity index is 2.11. The largest absolute Gasteiger partial charge is 0.348 e. The minimum atomic E-state index is -1.18. The molecule has 1 saturated heterocycles. The van der Waals surface area contributed by atoms with E-state index in [2.05, 4.69) is 10.6 Å². The van der Waals surface area contributed by atoms with E-state index in [1.54, 1.807) is 0 Å². The molecule has 0 spiro atoms. The summed E-state index contributed by atoms with van der Waals surface area (Å²) < 4.78 is 39.6. The number of amides is 1. The minimum absolute atomic E-state index is 0.168. The molecule has 2 rings (SSSR count). The first kappa shape index (κ1) is 13.9. The Kier molecular flexibility index (Phi) is 4.42. The van der Waals surface area contributed by atoms with Crippen molar-refractivity contribution < 1.29 is 18.0 Å². The van der Waals surface area contributed by atoms with Gasteiger partial charge in [-0.05, 0) is 19.4 Å². The second-order valence-corrected chi connectivity index (χ2v) is 4.61. The maximum Gasteiger partial charge on any atom is 0.257 e. The Bertz CT molecular complexity index is 448. The van der Waals surface area contributed by atoms with E-state index >= 15 is 0 Å². The standard InChI is InChI=1S/C13H15F3N2O/c14-8-5-10(15)12(11(16)6-8)13(19)18-9-3-1-2-4-17-7-9/h5-6,9,17H,1-4,7H2,(H,18,19). The first-order valence-corrected chi connectivity index (χ1v) is 6.24. The SMILES string of the molecule is O=C(NC1CCCCNC1)c1c(F)cc(F)cc1F. The van der Waals surface area contributed by atoms with Crippen LogP contribution < -0.4 is 10.6 Å². The van der Waals surface area contributed by atoms with Crippen LogP contribution in [0.25, 0.3) is 0 Å². The van der Waals surface area contributed by atoms with E-state index in [0.717, 1.165) is 25.8 Å². The molecular formula is C13H15F3N2O. The molecule has 6 heteroatoms. The van der Waals surface area contributed by atoms with Crippen LogP contribution in [0.1, 0.15) is 29.6 Å². The molecule has 0 bridgehead atoms. The summed E-state index contributed by atoms with van der Waals surface area (Å²) in [4.78, 5) is 11.8. The molecule has 0 radical (unpaired) electrons. The second-order valence-electron chi connectivity index (χ2n) is 4.61. The third-order valence-electron chi connectivity index (χ3n) is 3.12. The molecule has 1 aromatic rings. The van der Waals surface area contributed by atoms with Crippen molar-refractivity contribution in [3.63, 3.8) is 0 Å². The molecule has 1 amide bonds. The molecule has 3 nitrogen and oxygen atoms in total. The summed E-state index contributed by atoms with van der Waals surface area (Å²) >= 11 is 0. The van der Waals surface area contributed by atoms with Crippen molar-refractivity contribution in [1.82, 2.24) is 10.6 Å². The van der Waals surface area contributed by atoms with Gasteiger partial charge in [0.15, 0.2) is 0 Å². The first-order chi connectivity index (χ1) is 9.08. The smallest absolute Gasteiger partial charge is 0.257 e. The van der Waals surface area contributed by atoms with Gasteiger partial charge < -0.3 is 10.6 Å². The Morgan fingerprint density at radius 2 is 1.89 bits per heavy atom. The molecule has 1 aromatic carbocycles. The Morgan fingerprint density at radius 3 is 2.58 bits per heavy atom. The maximum atomic E-state index is 13.4. The Hall–Kier alpha value is -1.56. The van der Waals surface area contributed by atoms with Gasteiger partial charge in [0.1, 0.15) is 23.0 Å². The third kappa shape index (κ3) is 3.47. The maximum absolute atomic E-state index is 13.4. The van der Waals surface area contributed by atoms with E-state index < -0.39 is 28.9 Å². The predicted molar refractivity (Wildman–Crippen MR) is 64.3 cm³/mol. The van der Waals surface area contributed by atoms with Crippen LogP contribution in [0, 0.1) is 17.5 Å². The van der Waals surface area contributed by atoms with Gasteiger partial charge in [0.2, 0.25) is 0 Å². The summed E-state index contributed by atoms with van der Waals surface area (Å²) in [5.74, 6) is -4.25. The summed E-state index contributed by atoms with van der Waals surface area (Å²) in [7, 11) is 0. The number of carbonyl (C=O) groups excluding carboxylic acids is 1. The fourth-order valence-electron chi connectivity index (χ4n) is 2.16. The third-order valence-corrected chi connectivity index (χ3v) is 3.12. The minimum Gasteiger partial charge on any atom is -0.348 e. The molecular weight excluding hydrogens is 257 g/mol. The fraction of sp³-hybridized carbons (Fsp3) is 0.462. The molecule has 104 valence electrons. The zero-order valence-electron chi connectivity index (χ0n) is 10.3. The number of benzene rings is 1. The van der Waals surface area contributed by atoms with Crippen molar-refractivity contribution in [2.75, 3.05) is 13.1 Å². The molecule has 0 aromatic heterocycles. The van der Waals surface area contributed by atoms with Crippen molar-refractivity contribution in [2.45, 2.75) is 25.3 Å². The molecule has 1 heterocycles. The van der Waals surface area contributed by atoms with E-state index in [1.165, 1.54) is 0 Å². The van der Waals surface area contributed by atoms with Gasteiger partial charge >= 0.3 is 0 Å². The quantitative estimate of drug-likeness (QED) is 0.864. The topological polar surface area (TPSA) is 41.1 Å². The van der Waals surface area contributed by atoms with Crippen molar-refractivity contribution in [3.05, 3.63) is 35.1 Å². The molecule has 2 N–H and O–H groups in total. The van der Waals surface area contributed by atoms with Crippen LogP contribution in [0.5, 0.6) is 0 Å². The highest BCUT2D eigenvalue weighted by atomic mass is 19.1. The number of nitrogens with one attached hydrogen (secondary N) is 2. The summed E-state index contributed by atoms with van der Waals surface area (Å²) in [6.07, 6.45) is 2.70. The lowest BCUT2D eigenvalue weighted by Gasteiger charge is -2.16. The monoisotopic (exact) mass is 272 g/mol. The van der Waals surface area contributed by atoms with Crippen molar-refractivity contribution in [1.29, 1.82) is 0 Å². The average molecular weight is 272 g/mol. The van der Waals surface area contributed by atoms with Crippen LogP contribution in [0.3, 0.4) is 0 Å².